The van der Waals surface area contributed by atoms with Gasteiger partial charge in [-0.05, 0) is 82.6 Å². The molecule has 2 heterocycles. The SMILES string of the molecule is CC(C)CC(CN)CN1CCC(CN2CCCC2)CC1. The highest BCUT2D eigenvalue weighted by atomic mass is 15.2. The molecule has 1 atom stereocenters. The fourth-order valence-electron chi connectivity index (χ4n) is 3.96. The molecular weight excluding hydrogens is 246 g/mol. The molecule has 2 fully saturated rings. The van der Waals surface area contributed by atoms with Crippen LogP contribution in [0, 0.1) is 17.8 Å². The van der Waals surface area contributed by atoms with Gasteiger partial charge in [0, 0.05) is 13.1 Å². The molecule has 2 rings (SSSR count). The Morgan fingerprint density at radius 3 is 2.20 bits per heavy atom. The summed E-state index contributed by atoms with van der Waals surface area (Å²) in [6.07, 6.45) is 6.92. The van der Waals surface area contributed by atoms with E-state index in [0.717, 1.165) is 18.4 Å². The van der Waals surface area contributed by atoms with Gasteiger partial charge >= 0.3 is 0 Å². The van der Waals surface area contributed by atoms with Crippen molar-refractivity contribution in [2.75, 3.05) is 45.8 Å². The molecule has 0 bridgehead atoms. The van der Waals surface area contributed by atoms with Gasteiger partial charge in [0.1, 0.15) is 0 Å². The molecule has 0 amide bonds. The Kier molecular flexibility index (Phi) is 6.79. The summed E-state index contributed by atoms with van der Waals surface area (Å²) in [7, 11) is 0. The first-order valence-electron chi connectivity index (χ1n) is 8.82. The minimum Gasteiger partial charge on any atom is -0.330 e. The maximum absolute atomic E-state index is 5.94. The van der Waals surface area contributed by atoms with Gasteiger partial charge in [-0.2, -0.15) is 0 Å². The summed E-state index contributed by atoms with van der Waals surface area (Å²) in [5.74, 6) is 2.42. The van der Waals surface area contributed by atoms with Crippen LogP contribution in [0.2, 0.25) is 0 Å². The molecule has 2 aliphatic rings. The number of nitrogens with two attached hydrogens (primary N) is 1. The Hall–Kier alpha value is -0.120. The van der Waals surface area contributed by atoms with E-state index < -0.39 is 0 Å². The van der Waals surface area contributed by atoms with Gasteiger partial charge in [0.2, 0.25) is 0 Å². The normalized spacial score (nSPS) is 24.6. The van der Waals surface area contributed by atoms with Gasteiger partial charge < -0.3 is 15.5 Å². The van der Waals surface area contributed by atoms with E-state index in [9.17, 15) is 0 Å². The predicted molar refractivity (Wildman–Crippen MR) is 86.8 cm³/mol. The van der Waals surface area contributed by atoms with Crippen LogP contribution in [0.25, 0.3) is 0 Å². The highest BCUT2D eigenvalue weighted by molar-refractivity contribution is 4.78. The van der Waals surface area contributed by atoms with Crippen molar-refractivity contribution in [3.8, 4) is 0 Å². The first-order valence-corrected chi connectivity index (χ1v) is 8.82. The van der Waals surface area contributed by atoms with Gasteiger partial charge in [-0.3, -0.25) is 0 Å². The lowest BCUT2D eigenvalue weighted by Crippen LogP contribution is -2.41. The molecule has 2 saturated heterocycles. The van der Waals surface area contributed by atoms with Crippen molar-refractivity contribution in [3.63, 3.8) is 0 Å². The van der Waals surface area contributed by atoms with E-state index in [1.54, 1.807) is 0 Å². The average Bonchev–Trinajstić information content (AvgIpc) is 2.92. The van der Waals surface area contributed by atoms with Crippen LogP contribution < -0.4 is 5.73 Å². The van der Waals surface area contributed by atoms with E-state index in [1.807, 2.05) is 0 Å². The molecule has 3 heteroatoms. The quantitative estimate of drug-likeness (QED) is 0.778. The summed E-state index contributed by atoms with van der Waals surface area (Å²) in [6, 6.07) is 0. The predicted octanol–water partition coefficient (Wildman–Crippen LogP) is 2.42. The van der Waals surface area contributed by atoms with Crippen molar-refractivity contribution in [1.82, 2.24) is 9.80 Å². The number of hydrogen-bond acceptors (Lipinski definition) is 3. The van der Waals surface area contributed by atoms with E-state index in [0.29, 0.717) is 5.92 Å². The van der Waals surface area contributed by atoms with Crippen LogP contribution in [0.1, 0.15) is 46.0 Å². The zero-order valence-electron chi connectivity index (χ0n) is 13.7. The summed E-state index contributed by atoms with van der Waals surface area (Å²) >= 11 is 0. The third kappa shape index (κ3) is 5.34. The Labute approximate surface area is 125 Å². The summed E-state index contributed by atoms with van der Waals surface area (Å²) < 4.78 is 0. The highest BCUT2D eigenvalue weighted by Crippen LogP contribution is 2.22. The molecule has 2 aliphatic heterocycles. The fraction of sp³-hybridized carbons (Fsp3) is 1.00. The molecule has 0 aromatic heterocycles. The number of piperidine rings is 1. The van der Waals surface area contributed by atoms with Gasteiger partial charge in [0.05, 0.1) is 0 Å². The van der Waals surface area contributed by atoms with Crippen molar-refractivity contribution >= 4 is 0 Å². The first kappa shape index (κ1) is 16.3. The second kappa shape index (κ2) is 8.35. The van der Waals surface area contributed by atoms with E-state index in [2.05, 4.69) is 23.6 Å². The lowest BCUT2D eigenvalue weighted by atomic mass is 9.93. The van der Waals surface area contributed by atoms with Crippen molar-refractivity contribution in [1.29, 1.82) is 0 Å². The summed E-state index contributed by atoms with van der Waals surface area (Å²) in [5, 5.41) is 0. The van der Waals surface area contributed by atoms with Crippen molar-refractivity contribution < 1.29 is 0 Å². The van der Waals surface area contributed by atoms with Crippen molar-refractivity contribution in [3.05, 3.63) is 0 Å². The molecule has 0 radical (unpaired) electrons. The first-order chi connectivity index (χ1) is 9.67. The summed E-state index contributed by atoms with van der Waals surface area (Å²) in [6.45, 7) is 13.4. The average molecular weight is 281 g/mol. The number of nitrogens with zero attached hydrogens (tertiary/aromatic N) is 2. The van der Waals surface area contributed by atoms with E-state index in [4.69, 9.17) is 5.73 Å². The molecule has 3 nitrogen and oxygen atoms in total. The fourth-order valence-corrected chi connectivity index (χ4v) is 3.96. The molecule has 0 aromatic rings. The van der Waals surface area contributed by atoms with Crippen LogP contribution in [0.4, 0.5) is 0 Å². The Bertz CT molecular complexity index is 253. The maximum atomic E-state index is 5.94. The molecule has 0 spiro atoms. The Morgan fingerprint density at radius 1 is 1.00 bits per heavy atom. The van der Waals surface area contributed by atoms with E-state index in [1.165, 1.54) is 71.4 Å². The second-order valence-electron chi connectivity index (χ2n) is 7.48. The molecule has 2 N–H and O–H groups in total. The third-order valence-corrected chi connectivity index (χ3v) is 5.08. The highest BCUT2D eigenvalue weighted by Gasteiger charge is 2.24. The Balaban J connectivity index is 1.65. The van der Waals surface area contributed by atoms with Gasteiger partial charge in [0.25, 0.3) is 0 Å². The van der Waals surface area contributed by atoms with Crippen LogP contribution in [0.5, 0.6) is 0 Å². The van der Waals surface area contributed by atoms with Crippen LogP contribution in [-0.2, 0) is 0 Å². The largest absolute Gasteiger partial charge is 0.330 e. The smallest absolute Gasteiger partial charge is 0.00218 e. The Morgan fingerprint density at radius 2 is 1.65 bits per heavy atom. The van der Waals surface area contributed by atoms with Gasteiger partial charge in [-0.1, -0.05) is 13.8 Å². The topological polar surface area (TPSA) is 32.5 Å². The van der Waals surface area contributed by atoms with Crippen LogP contribution in [-0.4, -0.2) is 55.6 Å². The second-order valence-corrected chi connectivity index (χ2v) is 7.48. The molecule has 20 heavy (non-hydrogen) atoms. The molecule has 118 valence electrons. The van der Waals surface area contributed by atoms with Gasteiger partial charge in [-0.15, -0.1) is 0 Å². The van der Waals surface area contributed by atoms with Crippen molar-refractivity contribution in [2.45, 2.75) is 46.0 Å². The zero-order chi connectivity index (χ0) is 14.4. The molecule has 1 unspecified atom stereocenters. The van der Waals surface area contributed by atoms with Gasteiger partial charge in [-0.25, -0.2) is 0 Å². The van der Waals surface area contributed by atoms with E-state index in [-0.39, 0.29) is 0 Å². The van der Waals surface area contributed by atoms with Crippen LogP contribution in [0.3, 0.4) is 0 Å². The lowest BCUT2D eigenvalue weighted by molar-refractivity contribution is 0.134. The third-order valence-electron chi connectivity index (χ3n) is 5.08. The van der Waals surface area contributed by atoms with Crippen LogP contribution >= 0.6 is 0 Å². The number of likely N-dealkylation sites (tertiary alicyclic amines) is 2. The van der Waals surface area contributed by atoms with Crippen molar-refractivity contribution in [2.24, 2.45) is 23.5 Å². The monoisotopic (exact) mass is 281 g/mol. The molecule has 0 aromatic carbocycles. The summed E-state index contributed by atoms with van der Waals surface area (Å²) in [4.78, 5) is 5.35. The lowest BCUT2D eigenvalue weighted by Gasteiger charge is -2.35. The minimum absolute atomic E-state index is 0.699. The molecular formula is C17H35N3. The minimum atomic E-state index is 0.699. The molecule has 0 saturated carbocycles. The molecule has 0 aliphatic carbocycles. The standard InChI is InChI=1S/C17H35N3/c1-15(2)11-17(12-18)14-20-9-5-16(6-10-20)13-19-7-3-4-8-19/h15-17H,3-14,18H2,1-2H3. The summed E-state index contributed by atoms with van der Waals surface area (Å²) in [5.41, 5.74) is 5.94. The zero-order valence-corrected chi connectivity index (χ0v) is 13.7. The van der Waals surface area contributed by atoms with E-state index >= 15 is 0 Å². The van der Waals surface area contributed by atoms with Gasteiger partial charge in [0.15, 0.2) is 0 Å². The van der Waals surface area contributed by atoms with Crippen LogP contribution in [0.15, 0.2) is 0 Å². The number of hydrogen-bond donors (Lipinski definition) is 1. The number of rotatable bonds is 7. The maximum Gasteiger partial charge on any atom is 0.00218 e.